The fourth-order valence-electron chi connectivity index (χ4n) is 2.37. The van der Waals surface area contributed by atoms with Gasteiger partial charge in [0.1, 0.15) is 0 Å². The molecule has 21 heavy (non-hydrogen) atoms. The summed E-state index contributed by atoms with van der Waals surface area (Å²) in [5.41, 5.74) is -0.0341. The SMILES string of the molecule is COc1ccc(S(=O)(=O)N2CCC(C(=O)O)C2)c(C)c1F. The number of sulfonamides is 1. The lowest BCUT2D eigenvalue weighted by molar-refractivity contribution is -0.141. The van der Waals surface area contributed by atoms with Gasteiger partial charge in [0.25, 0.3) is 0 Å². The van der Waals surface area contributed by atoms with E-state index in [0.29, 0.717) is 0 Å². The lowest BCUT2D eigenvalue weighted by Gasteiger charge is -2.18. The van der Waals surface area contributed by atoms with Crippen LogP contribution in [-0.2, 0) is 14.8 Å². The van der Waals surface area contributed by atoms with E-state index in [-0.39, 0.29) is 35.7 Å². The topological polar surface area (TPSA) is 83.9 Å². The fourth-order valence-corrected chi connectivity index (χ4v) is 4.08. The predicted molar refractivity (Wildman–Crippen MR) is 72.2 cm³/mol. The normalized spacial score (nSPS) is 19.7. The van der Waals surface area contributed by atoms with E-state index in [0.717, 1.165) is 4.31 Å². The smallest absolute Gasteiger partial charge is 0.307 e. The monoisotopic (exact) mass is 317 g/mol. The second-order valence-corrected chi connectivity index (χ2v) is 6.80. The van der Waals surface area contributed by atoms with E-state index < -0.39 is 27.7 Å². The first-order valence-electron chi connectivity index (χ1n) is 6.35. The zero-order chi connectivity index (χ0) is 15.8. The van der Waals surface area contributed by atoms with Crippen molar-refractivity contribution in [3.63, 3.8) is 0 Å². The van der Waals surface area contributed by atoms with Crippen LogP contribution in [0.15, 0.2) is 17.0 Å². The van der Waals surface area contributed by atoms with Crippen LogP contribution in [0.1, 0.15) is 12.0 Å². The quantitative estimate of drug-likeness (QED) is 0.903. The van der Waals surface area contributed by atoms with E-state index in [9.17, 15) is 17.6 Å². The Morgan fingerprint density at radius 3 is 2.67 bits per heavy atom. The first-order valence-corrected chi connectivity index (χ1v) is 7.79. The van der Waals surface area contributed by atoms with Gasteiger partial charge in [-0.15, -0.1) is 0 Å². The molecule has 0 radical (unpaired) electrons. The first kappa shape index (κ1) is 15.7. The molecule has 1 saturated heterocycles. The van der Waals surface area contributed by atoms with Gasteiger partial charge in [-0.05, 0) is 25.5 Å². The lowest BCUT2D eigenvalue weighted by atomic mass is 10.1. The summed E-state index contributed by atoms with van der Waals surface area (Å²) < 4.78 is 44.9. The zero-order valence-electron chi connectivity index (χ0n) is 11.7. The lowest BCUT2D eigenvalue weighted by Crippen LogP contribution is -2.30. The van der Waals surface area contributed by atoms with Gasteiger partial charge in [-0.2, -0.15) is 4.31 Å². The Hall–Kier alpha value is -1.67. The van der Waals surface area contributed by atoms with Crippen molar-refractivity contribution in [2.24, 2.45) is 5.92 Å². The standard InChI is InChI=1S/C13H16FNO5S/c1-8-11(4-3-10(20-2)12(8)14)21(18,19)15-6-5-9(7-15)13(16)17/h3-4,9H,5-7H2,1-2H3,(H,16,17). The van der Waals surface area contributed by atoms with Crippen LogP contribution in [0.5, 0.6) is 5.75 Å². The van der Waals surface area contributed by atoms with Crippen LogP contribution in [0.2, 0.25) is 0 Å². The molecule has 1 fully saturated rings. The Bertz CT molecular complexity index is 673. The fraction of sp³-hybridized carbons (Fsp3) is 0.462. The van der Waals surface area contributed by atoms with Gasteiger partial charge in [-0.1, -0.05) is 0 Å². The predicted octanol–water partition coefficient (Wildman–Crippen LogP) is 1.24. The minimum Gasteiger partial charge on any atom is -0.494 e. The Morgan fingerprint density at radius 2 is 2.14 bits per heavy atom. The summed E-state index contributed by atoms with van der Waals surface area (Å²) in [6.45, 7) is 1.38. The van der Waals surface area contributed by atoms with Crippen LogP contribution in [0, 0.1) is 18.7 Å². The van der Waals surface area contributed by atoms with E-state index in [2.05, 4.69) is 0 Å². The van der Waals surface area contributed by atoms with Crippen LogP contribution in [-0.4, -0.2) is 44.0 Å². The third-order valence-electron chi connectivity index (χ3n) is 3.64. The molecular formula is C13H16FNO5S. The molecule has 1 unspecified atom stereocenters. The van der Waals surface area contributed by atoms with Crippen LogP contribution in [0.4, 0.5) is 4.39 Å². The molecule has 1 aromatic rings. The van der Waals surface area contributed by atoms with Gasteiger partial charge in [-0.3, -0.25) is 4.79 Å². The minimum absolute atomic E-state index is 0.0312. The third-order valence-corrected chi connectivity index (χ3v) is 5.65. The van der Waals surface area contributed by atoms with E-state index in [4.69, 9.17) is 9.84 Å². The van der Waals surface area contributed by atoms with Gasteiger partial charge < -0.3 is 9.84 Å². The van der Waals surface area contributed by atoms with Gasteiger partial charge in [0, 0.05) is 18.7 Å². The molecule has 1 aliphatic rings. The van der Waals surface area contributed by atoms with Crippen molar-refractivity contribution < 1.29 is 27.4 Å². The van der Waals surface area contributed by atoms with Gasteiger partial charge in [0.2, 0.25) is 10.0 Å². The highest BCUT2D eigenvalue weighted by Gasteiger charge is 2.37. The molecule has 1 heterocycles. The Morgan fingerprint density at radius 1 is 1.48 bits per heavy atom. The Labute approximate surface area is 122 Å². The number of benzene rings is 1. The zero-order valence-corrected chi connectivity index (χ0v) is 12.5. The number of carboxylic acid groups (broad SMARTS) is 1. The van der Waals surface area contributed by atoms with E-state index >= 15 is 0 Å². The van der Waals surface area contributed by atoms with Gasteiger partial charge in [0.05, 0.1) is 17.9 Å². The largest absolute Gasteiger partial charge is 0.494 e. The number of aliphatic carboxylic acids is 1. The molecular weight excluding hydrogens is 301 g/mol. The number of halogens is 1. The molecule has 8 heteroatoms. The maximum absolute atomic E-state index is 14.0. The number of rotatable bonds is 4. The van der Waals surface area contributed by atoms with Gasteiger partial charge >= 0.3 is 5.97 Å². The number of ether oxygens (including phenoxy) is 1. The molecule has 0 saturated carbocycles. The molecule has 2 rings (SSSR count). The summed E-state index contributed by atoms with van der Waals surface area (Å²) in [6.07, 6.45) is 0.256. The second-order valence-electron chi connectivity index (χ2n) is 4.89. The van der Waals surface area contributed by atoms with E-state index in [1.54, 1.807) is 0 Å². The molecule has 1 aliphatic heterocycles. The van der Waals surface area contributed by atoms with Crippen LogP contribution < -0.4 is 4.74 Å². The molecule has 1 atom stereocenters. The first-order chi connectivity index (χ1) is 9.78. The summed E-state index contributed by atoms with van der Waals surface area (Å²) in [5.74, 6) is -2.50. The molecule has 1 aromatic carbocycles. The summed E-state index contributed by atoms with van der Waals surface area (Å²) >= 11 is 0. The van der Waals surface area contributed by atoms with E-state index in [1.807, 2.05) is 0 Å². The van der Waals surface area contributed by atoms with Crippen molar-refractivity contribution in [3.05, 3.63) is 23.5 Å². The average Bonchev–Trinajstić information content (AvgIpc) is 2.92. The van der Waals surface area contributed by atoms with Crippen molar-refractivity contribution in [3.8, 4) is 5.75 Å². The maximum Gasteiger partial charge on any atom is 0.307 e. The number of hydrogen-bond donors (Lipinski definition) is 1. The highest BCUT2D eigenvalue weighted by atomic mass is 32.2. The number of hydrogen-bond acceptors (Lipinski definition) is 4. The highest BCUT2D eigenvalue weighted by Crippen LogP contribution is 2.30. The molecule has 6 nitrogen and oxygen atoms in total. The molecule has 0 bridgehead atoms. The number of nitrogens with zero attached hydrogens (tertiary/aromatic N) is 1. The number of carboxylic acids is 1. The van der Waals surface area contributed by atoms with Crippen LogP contribution >= 0.6 is 0 Å². The molecule has 116 valence electrons. The Balaban J connectivity index is 2.37. The summed E-state index contributed by atoms with van der Waals surface area (Å²) in [5, 5.41) is 8.94. The second kappa shape index (κ2) is 5.61. The average molecular weight is 317 g/mol. The number of carbonyl (C=O) groups is 1. The van der Waals surface area contributed by atoms with Crippen molar-refractivity contribution >= 4 is 16.0 Å². The maximum atomic E-state index is 14.0. The summed E-state index contributed by atoms with van der Waals surface area (Å²) in [6, 6.07) is 2.53. The summed E-state index contributed by atoms with van der Waals surface area (Å²) in [4.78, 5) is 10.8. The molecule has 0 spiro atoms. The minimum atomic E-state index is -3.91. The van der Waals surface area contributed by atoms with Crippen molar-refractivity contribution in [2.75, 3.05) is 20.2 Å². The highest BCUT2D eigenvalue weighted by molar-refractivity contribution is 7.89. The Kier molecular flexibility index (Phi) is 4.20. The molecule has 0 aliphatic carbocycles. The van der Waals surface area contributed by atoms with Crippen molar-refractivity contribution in [2.45, 2.75) is 18.2 Å². The molecule has 0 aromatic heterocycles. The third kappa shape index (κ3) is 2.73. The van der Waals surface area contributed by atoms with Crippen molar-refractivity contribution in [1.82, 2.24) is 4.31 Å². The number of methoxy groups -OCH3 is 1. The van der Waals surface area contributed by atoms with Crippen molar-refractivity contribution in [1.29, 1.82) is 0 Å². The molecule has 0 amide bonds. The summed E-state index contributed by atoms with van der Waals surface area (Å²) in [7, 11) is -2.61. The van der Waals surface area contributed by atoms with Gasteiger partial charge in [0.15, 0.2) is 11.6 Å². The van der Waals surface area contributed by atoms with E-state index in [1.165, 1.54) is 26.2 Å². The van der Waals surface area contributed by atoms with Gasteiger partial charge in [-0.25, -0.2) is 12.8 Å². The molecule has 1 N–H and O–H groups in total. The van der Waals surface area contributed by atoms with Crippen LogP contribution in [0.25, 0.3) is 0 Å². The van der Waals surface area contributed by atoms with Crippen LogP contribution in [0.3, 0.4) is 0 Å².